The van der Waals surface area contributed by atoms with E-state index >= 15 is 0 Å². The molecule has 1 atom stereocenters. The first kappa shape index (κ1) is 12.0. The van der Waals surface area contributed by atoms with E-state index in [0.717, 1.165) is 0 Å². The summed E-state index contributed by atoms with van der Waals surface area (Å²) in [6, 6.07) is 0.453. The highest BCUT2D eigenvalue weighted by atomic mass is 15.2. The Hall–Kier alpha value is -0.0800. The summed E-state index contributed by atoms with van der Waals surface area (Å²) in [5.41, 5.74) is 6.35. The molecule has 2 nitrogen and oxygen atoms in total. The fourth-order valence-electron chi connectivity index (χ4n) is 2.54. The van der Waals surface area contributed by atoms with Gasteiger partial charge in [-0.15, -0.1) is 0 Å². The lowest BCUT2D eigenvalue weighted by Gasteiger charge is -2.44. The lowest BCUT2D eigenvalue weighted by atomic mass is 9.88. The second-order valence-corrected chi connectivity index (χ2v) is 4.92. The van der Waals surface area contributed by atoms with Crippen molar-refractivity contribution in [3.05, 3.63) is 0 Å². The Bertz CT molecular complexity index is 162. The summed E-state index contributed by atoms with van der Waals surface area (Å²) in [5, 5.41) is 0. The van der Waals surface area contributed by atoms with E-state index in [1.807, 2.05) is 0 Å². The van der Waals surface area contributed by atoms with Gasteiger partial charge in [0.15, 0.2) is 0 Å². The standard InChI is InChI=1S/C12H26N2/c1-4-8-12(3,5-2)14-9-6-11(13)7-10-14/h11H,4-10,13H2,1-3H3. The topological polar surface area (TPSA) is 29.3 Å². The molecule has 2 N–H and O–H groups in total. The quantitative estimate of drug-likeness (QED) is 0.751. The van der Waals surface area contributed by atoms with Crippen molar-refractivity contribution in [3.8, 4) is 0 Å². The lowest BCUT2D eigenvalue weighted by Crippen LogP contribution is -2.51. The predicted octanol–water partition coefficient (Wildman–Crippen LogP) is 2.38. The summed E-state index contributed by atoms with van der Waals surface area (Å²) in [6.07, 6.45) is 6.22. The molecule has 0 spiro atoms. The highest BCUT2D eigenvalue weighted by Gasteiger charge is 2.31. The number of nitrogens with two attached hydrogens (primary N) is 1. The third kappa shape index (κ3) is 2.71. The molecule has 1 aliphatic rings. The van der Waals surface area contributed by atoms with Gasteiger partial charge in [0.25, 0.3) is 0 Å². The van der Waals surface area contributed by atoms with Crippen LogP contribution in [0.3, 0.4) is 0 Å². The van der Waals surface area contributed by atoms with E-state index in [-0.39, 0.29) is 0 Å². The van der Waals surface area contributed by atoms with Gasteiger partial charge in [0, 0.05) is 24.7 Å². The van der Waals surface area contributed by atoms with Crippen LogP contribution in [0.1, 0.15) is 52.9 Å². The Kier molecular flexibility index (Phi) is 4.39. The zero-order valence-electron chi connectivity index (χ0n) is 10.1. The lowest BCUT2D eigenvalue weighted by molar-refractivity contribution is 0.0632. The normalized spacial score (nSPS) is 24.9. The summed E-state index contributed by atoms with van der Waals surface area (Å²) in [4.78, 5) is 2.65. The summed E-state index contributed by atoms with van der Waals surface area (Å²) in [5.74, 6) is 0. The molecular weight excluding hydrogens is 172 g/mol. The average molecular weight is 198 g/mol. The highest BCUT2D eigenvalue weighted by Crippen LogP contribution is 2.27. The molecule has 0 radical (unpaired) electrons. The number of likely N-dealkylation sites (tertiary alicyclic amines) is 1. The van der Waals surface area contributed by atoms with E-state index in [2.05, 4.69) is 25.7 Å². The van der Waals surface area contributed by atoms with Gasteiger partial charge in [-0.25, -0.2) is 0 Å². The summed E-state index contributed by atoms with van der Waals surface area (Å²) in [7, 11) is 0. The molecule has 1 fully saturated rings. The van der Waals surface area contributed by atoms with Crippen LogP contribution in [0.4, 0.5) is 0 Å². The molecule has 0 bridgehead atoms. The molecule has 1 rings (SSSR count). The van der Waals surface area contributed by atoms with E-state index in [0.29, 0.717) is 11.6 Å². The summed E-state index contributed by atoms with van der Waals surface area (Å²) < 4.78 is 0. The summed E-state index contributed by atoms with van der Waals surface area (Å²) >= 11 is 0. The molecule has 1 heterocycles. The van der Waals surface area contributed by atoms with E-state index in [4.69, 9.17) is 5.73 Å². The van der Waals surface area contributed by atoms with Crippen LogP contribution >= 0.6 is 0 Å². The maximum absolute atomic E-state index is 5.93. The van der Waals surface area contributed by atoms with E-state index < -0.39 is 0 Å². The highest BCUT2D eigenvalue weighted by molar-refractivity contribution is 4.88. The van der Waals surface area contributed by atoms with Crippen molar-refractivity contribution in [3.63, 3.8) is 0 Å². The van der Waals surface area contributed by atoms with Crippen LogP contribution in [-0.2, 0) is 0 Å². The van der Waals surface area contributed by atoms with Gasteiger partial charge in [-0.3, -0.25) is 4.90 Å². The fourth-order valence-corrected chi connectivity index (χ4v) is 2.54. The molecule has 1 unspecified atom stereocenters. The monoisotopic (exact) mass is 198 g/mol. The molecule has 0 saturated carbocycles. The SMILES string of the molecule is CCCC(C)(CC)N1CCC(N)CC1. The van der Waals surface area contributed by atoms with Gasteiger partial charge in [-0.2, -0.15) is 0 Å². The third-order valence-electron chi connectivity index (χ3n) is 3.85. The molecule has 0 aromatic rings. The molecule has 1 aliphatic heterocycles. The number of piperidine rings is 1. The Balaban J connectivity index is 2.52. The van der Waals surface area contributed by atoms with Gasteiger partial charge in [-0.05, 0) is 32.6 Å². The zero-order chi connectivity index (χ0) is 10.6. The number of hydrogen-bond acceptors (Lipinski definition) is 2. The van der Waals surface area contributed by atoms with Gasteiger partial charge >= 0.3 is 0 Å². The molecule has 14 heavy (non-hydrogen) atoms. The Morgan fingerprint density at radius 1 is 1.29 bits per heavy atom. The Labute approximate surface area is 88.8 Å². The van der Waals surface area contributed by atoms with E-state index in [9.17, 15) is 0 Å². The molecule has 0 aromatic carbocycles. The molecule has 0 amide bonds. The Morgan fingerprint density at radius 3 is 2.29 bits per heavy atom. The van der Waals surface area contributed by atoms with Crippen LogP contribution in [0.25, 0.3) is 0 Å². The first-order valence-electron chi connectivity index (χ1n) is 6.13. The van der Waals surface area contributed by atoms with Gasteiger partial charge in [0.2, 0.25) is 0 Å². The molecule has 1 saturated heterocycles. The number of rotatable bonds is 4. The minimum atomic E-state index is 0.425. The van der Waals surface area contributed by atoms with Crippen molar-refractivity contribution in [1.29, 1.82) is 0 Å². The average Bonchev–Trinajstić information content (AvgIpc) is 2.19. The molecule has 0 aliphatic carbocycles. The minimum absolute atomic E-state index is 0.425. The zero-order valence-corrected chi connectivity index (χ0v) is 10.1. The van der Waals surface area contributed by atoms with Gasteiger partial charge in [-0.1, -0.05) is 20.3 Å². The maximum atomic E-state index is 5.93. The summed E-state index contributed by atoms with van der Waals surface area (Å²) in [6.45, 7) is 9.40. The van der Waals surface area contributed by atoms with Crippen molar-refractivity contribution in [2.45, 2.75) is 64.5 Å². The molecular formula is C12H26N2. The van der Waals surface area contributed by atoms with Crippen molar-refractivity contribution >= 4 is 0 Å². The van der Waals surface area contributed by atoms with Gasteiger partial charge in [0.1, 0.15) is 0 Å². The van der Waals surface area contributed by atoms with Crippen LogP contribution in [0.5, 0.6) is 0 Å². The van der Waals surface area contributed by atoms with Crippen LogP contribution in [0.2, 0.25) is 0 Å². The van der Waals surface area contributed by atoms with Crippen LogP contribution in [0, 0.1) is 0 Å². The minimum Gasteiger partial charge on any atom is -0.328 e. The smallest absolute Gasteiger partial charge is 0.0178 e. The molecule has 0 aromatic heterocycles. The number of hydrogen-bond donors (Lipinski definition) is 1. The molecule has 84 valence electrons. The van der Waals surface area contributed by atoms with Gasteiger partial charge in [0.05, 0.1) is 0 Å². The predicted molar refractivity (Wildman–Crippen MR) is 62.4 cm³/mol. The molecule has 2 heteroatoms. The van der Waals surface area contributed by atoms with Crippen LogP contribution < -0.4 is 5.73 Å². The van der Waals surface area contributed by atoms with Gasteiger partial charge < -0.3 is 5.73 Å². The second kappa shape index (κ2) is 5.13. The Morgan fingerprint density at radius 2 is 1.86 bits per heavy atom. The first-order chi connectivity index (χ1) is 6.62. The van der Waals surface area contributed by atoms with Crippen molar-refractivity contribution < 1.29 is 0 Å². The van der Waals surface area contributed by atoms with Crippen LogP contribution in [-0.4, -0.2) is 29.6 Å². The van der Waals surface area contributed by atoms with Crippen molar-refractivity contribution in [2.75, 3.05) is 13.1 Å². The third-order valence-corrected chi connectivity index (χ3v) is 3.85. The fraction of sp³-hybridized carbons (Fsp3) is 1.00. The van der Waals surface area contributed by atoms with Crippen molar-refractivity contribution in [1.82, 2.24) is 4.90 Å². The van der Waals surface area contributed by atoms with E-state index in [1.54, 1.807) is 0 Å². The second-order valence-electron chi connectivity index (χ2n) is 4.92. The van der Waals surface area contributed by atoms with Crippen molar-refractivity contribution in [2.24, 2.45) is 5.73 Å². The largest absolute Gasteiger partial charge is 0.328 e. The number of nitrogens with zero attached hydrogens (tertiary/aromatic N) is 1. The maximum Gasteiger partial charge on any atom is 0.0178 e. The first-order valence-corrected chi connectivity index (χ1v) is 6.13. The van der Waals surface area contributed by atoms with Crippen LogP contribution in [0.15, 0.2) is 0 Å². The van der Waals surface area contributed by atoms with E-state index in [1.165, 1.54) is 45.2 Å².